The van der Waals surface area contributed by atoms with Crippen molar-refractivity contribution < 1.29 is 5.11 Å². The van der Waals surface area contributed by atoms with Crippen LogP contribution in [0.4, 0.5) is 0 Å². The predicted octanol–water partition coefficient (Wildman–Crippen LogP) is 1.50. The monoisotopic (exact) mass is 194 g/mol. The van der Waals surface area contributed by atoms with Gasteiger partial charge in [0, 0.05) is 18.3 Å². The Kier molecular flexibility index (Phi) is 4.04. The van der Waals surface area contributed by atoms with Crippen molar-refractivity contribution in [2.24, 2.45) is 0 Å². The lowest BCUT2D eigenvalue weighted by Gasteiger charge is -2.21. The van der Waals surface area contributed by atoms with Crippen LogP contribution < -0.4 is 5.32 Å². The summed E-state index contributed by atoms with van der Waals surface area (Å²) in [5, 5.41) is 12.6. The van der Waals surface area contributed by atoms with Gasteiger partial charge in [-0.25, -0.2) is 0 Å². The summed E-state index contributed by atoms with van der Waals surface area (Å²) < 4.78 is 0. The molecule has 3 nitrogen and oxygen atoms in total. The quantitative estimate of drug-likeness (QED) is 0.763. The maximum Gasteiger partial charge on any atom is 0.0662 e. The zero-order valence-electron chi connectivity index (χ0n) is 8.94. The summed E-state index contributed by atoms with van der Waals surface area (Å²) in [6, 6.07) is 6.08. The van der Waals surface area contributed by atoms with E-state index in [0.717, 1.165) is 5.69 Å². The highest BCUT2D eigenvalue weighted by Crippen LogP contribution is 2.09. The minimum atomic E-state index is -0.346. The maximum atomic E-state index is 9.33. The molecule has 0 bridgehead atoms. The molecule has 2 N–H and O–H groups in total. The molecule has 0 amide bonds. The van der Waals surface area contributed by atoms with Gasteiger partial charge in [-0.1, -0.05) is 6.07 Å². The molecule has 0 radical (unpaired) electrons. The van der Waals surface area contributed by atoms with Crippen molar-refractivity contribution in [3.05, 3.63) is 30.1 Å². The van der Waals surface area contributed by atoms with E-state index >= 15 is 0 Å². The van der Waals surface area contributed by atoms with Crippen LogP contribution in [0.5, 0.6) is 0 Å². The molecular formula is C11H18N2O. The molecule has 3 heteroatoms. The fourth-order valence-electron chi connectivity index (χ4n) is 1.25. The number of aromatic nitrogens is 1. The highest BCUT2D eigenvalue weighted by atomic mass is 16.3. The molecule has 0 aliphatic carbocycles. The topological polar surface area (TPSA) is 45.1 Å². The van der Waals surface area contributed by atoms with Crippen LogP contribution in [-0.4, -0.2) is 22.2 Å². The number of pyridine rings is 1. The molecule has 1 heterocycles. The first-order valence-corrected chi connectivity index (χ1v) is 4.96. The summed E-state index contributed by atoms with van der Waals surface area (Å²) in [7, 11) is 0. The zero-order valence-corrected chi connectivity index (χ0v) is 8.94. The van der Waals surface area contributed by atoms with Crippen molar-refractivity contribution in [2.75, 3.05) is 0 Å². The van der Waals surface area contributed by atoms with E-state index in [1.165, 1.54) is 0 Å². The molecule has 0 saturated heterocycles. The molecule has 0 aromatic carbocycles. The summed E-state index contributed by atoms with van der Waals surface area (Å²) in [6.07, 6.45) is 1.43. The maximum absolute atomic E-state index is 9.33. The van der Waals surface area contributed by atoms with E-state index in [1.54, 1.807) is 13.1 Å². The standard InChI is InChI=1S/C11H18N2O/c1-8(10(3)14)13-9(2)11-6-4-5-7-12-11/h4-10,13-14H,1-3H3/t8?,9-,10?/m0/s1. The van der Waals surface area contributed by atoms with Gasteiger partial charge in [0.25, 0.3) is 0 Å². The molecule has 1 rings (SSSR count). The van der Waals surface area contributed by atoms with Crippen LogP contribution in [0.15, 0.2) is 24.4 Å². The molecule has 0 fully saturated rings. The molecule has 0 spiro atoms. The average Bonchev–Trinajstić information content (AvgIpc) is 2.19. The van der Waals surface area contributed by atoms with Gasteiger partial charge in [-0.2, -0.15) is 0 Å². The zero-order chi connectivity index (χ0) is 10.6. The number of nitrogens with zero attached hydrogens (tertiary/aromatic N) is 1. The summed E-state index contributed by atoms with van der Waals surface area (Å²) >= 11 is 0. The minimum absolute atomic E-state index is 0.0759. The van der Waals surface area contributed by atoms with Crippen molar-refractivity contribution >= 4 is 0 Å². The van der Waals surface area contributed by atoms with E-state index in [0.29, 0.717) is 0 Å². The van der Waals surface area contributed by atoms with Gasteiger partial charge in [0.05, 0.1) is 11.8 Å². The summed E-state index contributed by atoms with van der Waals surface area (Å²) in [5.74, 6) is 0. The third kappa shape index (κ3) is 3.09. The molecule has 2 unspecified atom stereocenters. The van der Waals surface area contributed by atoms with Crippen molar-refractivity contribution in [1.82, 2.24) is 10.3 Å². The van der Waals surface area contributed by atoms with Crippen LogP contribution in [0, 0.1) is 0 Å². The number of hydrogen-bond acceptors (Lipinski definition) is 3. The van der Waals surface area contributed by atoms with Crippen molar-refractivity contribution in [2.45, 2.75) is 39.0 Å². The van der Waals surface area contributed by atoms with E-state index in [4.69, 9.17) is 0 Å². The van der Waals surface area contributed by atoms with E-state index < -0.39 is 0 Å². The minimum Gasteiger partial charge on any atom is -0.392 e. The fourth-order valence-corrected chi connectivity index (χ4v) is 1.25. The van der Waals surface area contributed by atoms with Crippen LogP contribution in [0.3, 0.4) is 0 Å². The highest BCUT2D eigenvalue weighted by molar-refractivity contribution is 5.07. The summed E-state index contributed by atoms with van der Waals surface area (Å²) in [5.41, 5.74) is 1.00. The second-order valence-corrected chi connectivity index (χ2v) is 3.67. The number of rotatable bonds is 4. The molecule has 1 aromatic heterocycles. The van der Waals surface area contributed by atoms with Crippen molar-refractivity contribution in [3.8, 4) is 0 Å². The first kappa shape index (κ1) is 11.1. The van der Waals surface area contributed by atoms with E-state index in [-0.39, 0.29) is 18.2 Å². The van der Waals surface area contributed by atoms with Crippen LogP contribution in [-0.2, 0) is 0 Å². The van der Waals surface area contributed by atoms with Gasteiger partial charge in [-0.3, -0.25) is 4.98 Å². The Morgan fingerprint density at radius 2 is 2.00 bits per heavy atom. The van der Waals surface area contributed by atoms with Crippen LogP contribution >= 0.6 is 0 Å². The fraction of sp³-hybridized carbons (Fsp3) is 0.545. The van der Waals surface area contributed by atoms with Gasteiger partial charge in [-0.15, -0.1) is 0 Å². The van der Waals surface area contributed by atoms with Gasteiger partial charge < -0.3 is 10.4 Å². The van der Waals surface area contributed by atoms with Crippen LogP contribution in [0.25, 0.3) is 0 Å². The van der Waals surface area contributed by atoms with E-state index in [2.05, 4.69) is 10.3 Å². The van der Waals surface area contributed by atoms with E-state index in [1.807, 2.05) is 32.0 Å². The Balaban J connectivity index is 2.55. The van der Waals surface area contributed by atoms with Gasteiger partial charge in [0.2, 0.25) is 0 Å². The van der Waals surface area contributed by atoms with Crippen molar-refractivity contribution in [1.29, 1.82) is 0 Å². The molecule has 3 atom stereocenters. The Morgan fingerprint density at radius 1 is 1.29 bits per heavy atom. The Labute approximate surface area is 85.2 Å². The molecule has 78 valence electrons. The Morgan fingerprint density at radius 3 is 2.50 bits per heavy atom. The molecule has 0 aliphatic heterocycles. The number of hydrogen-bond donors (Lipinski definition) is 2. The second kappa shape index (κ2) is 5.08. The van der Waals surface area contributed by atoms with Gasteiger partial charge >= 0.3 is 0 Å². The number of nitrogens with one attached hydrogen (secondary N) is 1. The largest absolute Gasteiger partial charge is 0.392 e. The smallest absolute Gasteiger partial charge is 0.0662 e. The van der Waals surface area contributed by atoms with Crippen LogP contribution in [0.2, 0.25) is 0 Å². The van der Waals surface area contributed by atoms with E-state index in [9.17, 15) is 5.11 Å². The lowest BCUT2D eigenvalue weighted by molar-refractivity contribution is 0.147. The first-order chi connectivity index (χ1) is 6.61. The summed E-state index contributed by atoms with van der Waals surface area (Å²) in [6.45, 7) is 5.79. The van der Waals surface area contributed by atoms with Gasteiger partial charge in [0.1, 0.15) is 0 Å². The lowest BCUT2D eigenvalue weighted by atomic mass is 10.1. The Bertz CT molecular complexity index is 261. The third-order valence-electron chi connectivity index (χ3n) is 2.37. The molecule has 0 saturated carbocycles. The van der Waals surface area contributed by atoms with Crippen molar-refractivity contribution in [3.63, 3.8) is 0 Å². The number of aliphatic hydroxyl groups excluding tert-OH is 1. The SMILES string of the molecule is CC(O)C(C)N[C@@H](C)c1ccccn1. The highest BCUT2D eigenvalue weighted by Gasteiger charge is 2.13. The van der Waals surface area contributed by atoms with Gasteiger partial charge in [-0.05, 0) is 32.9 Å². The molecular weight excluding hydrogens is 176 g/mol. The normalized spacial score (nSPS) is 17.4. The molecule has 14 heavy (non-hydrogen) atoms. The third-order valence-corrected chi connectivity index (χ3v) is 2.37. The van der Waals surface area contributed by atoms with Gasteiger partial charge in [0.15, 0.2) is 0 Å². The van der Waals surface area contributed by atoms with Crippen LogP contribution in [0.1, 0.15) is 32.5 Å². The summed E-state index contributed by atoms with van der Waals surface area (Å²) in [4.78, 5) is 4.25. The predicted molar refractivity (Wildman–Crippen MR) is 56.9 cm³/mol. The average molecular weight is 194 g/mol. The number of aliphatic hydroxyl groups is 1. The molecule has 0 aliphatic rings. The molecule has 1 aromatic rings. The lowest BCUT2D eigenvalue weighted by Crippen LogP contribution is -2.37. The first-order valence-electron chi connectivity index (χ1n) is 4.96. The second-order valence-electron chi connectivity index (χ2n) is 3.67. The Hall–Kier alpha value is -0.930.